The van der Waals surface area contributed by atoms with Gasteiger partial charge in [-0.2, -0.15) is 0 Å². The van der Waals surface area contributed by atoms with Crippen LogP contribution >= 0.6 is 0 Å². The zero-order valence-corrected chi connectivity index (χ0v) is 20.2. The molecule has 1 atom stereocenters. The molecule has 0 fully saturated rings. The summed E-state index contributed by atoms with van der Waals surface area (Å²) in [5.74, 6) is -0.520. The molecule has 0 saturated carbocycles. The molecule has 2 N–H and O–H groups in total. The summed E-state index contributed by atoms with van der Waals surface area (Å²) >= 11 is 0. The van der Waals surface area contributed by atoms with E-state index in [1.54, 1.807) is 0 Å². The summed E-state index contributed by atoms with van der Waals surface area (Å²) in [5.41, 5.74) is -0.830. The predicted molar refractivity (Wildman–Crippen MR) is 128 cm³/mol. The number of carboxylic acids is 1. The summed E-state index contributed by atoms with van der Waals surface area (Å²) < 4.78 is 5.60. The molecule has 31 heavy (non-hydrogen) atoms. The predicted octanol–water partition coefficient (Wildman–Crippen LogP) is 4.20. The number of benzene rings is 2. The fraction of sp³-hybridized carbons (Fsp3) is 0.440. The maximum absolute atomic E-state index is 12.9. The topological polar surface area (TPSA) is 75.6 Å². The average molecular weight is 442 g/mol. The van der Waals surface area contributed by atoms with Crippen LogP contribution in [0.15, 0.2) is 60.7 Å². The van der Waals surface area contributed by atoms with Crippen LogP contribution in [0, 0.1) is 5.92 Å². The van der Waals surface area contributed by atoms with Gasteiger partial charge in [0.25, 0.3) is 0 Å². The second-order valence-corrected chi connectivity index (χ2v) is 13.7. The quantitative estimate of drug-likeness (QED) is 0.572. The van der Waals surface area contributed by atoms with Crippen molar-refractivity contribution in [2.75, 3.05) is 0 Å². The minimum Gasteiger partial charge on any atom is -0.481 e. The van der Waals surface area contributed by atoms with Crippen molar-refractivity contribution in [1.82, 2.24) is 5.32 Å². The van der Waals surface area contributed by atoms with Crippen molar-refractivity contribution in [2.24, 2.45) is 5.92 Å². The molecule has 0 spiro atoms. The van der Waals surface area contributed by atoms with Crippen molar-refractivity contribution >= 4 is 30.5 Å². The molecule has 6 heteroatoms. The Bertz CT molecular complexity index is 807. The number of alkyl carbamates (subject to hydrolysis) is 1. The zero-order valence-electron chi connectivity index (χ0n) is 19.2. The van der Waals surface area contributed by atoms with Crippen LogP contribution in [0.1, 0.15) is 47.5 Å². The standard InChI is InChI=1S/C25H35NO4Si/c1-19(2)18-22(26-24(29)30-25(3,4)5)31(17-16-23(27)28,20-12-8-6-9-13-20)21-14-10-7-11-15-21/h6-15,19,22H,16-18H2,1-5H3,(H,26,29)(H,27,28)/t22-/m1/s1. The van der Waals surface area contributed by atoms with Gasteiger partial charge < -0.3 is 15.2 Å². The number of rotatable bonds is 9. The smallest absolute Gasteiger partial charge is 0.407 e. The molecule has 2 aromatic rings. The number of amides is 1. The van der Waals surface area contributed by atoms with Crippen LogP contribution in [-0.2, 0) is 9.53 Å². The Morgan fingerprint density at radius 3 is 1.84 bits per heavy atom. The second kappa shape index (κ2) is 10.6. The first-order valence-corrected chi connectivity index (χ1v) is 13.2. The molecule has 0 aliphatic carbocycles. The lowest BCUT2D eigenvalue weighted by Crippen LogP contribution is -2.71. The average Bonchev–Trinajstić information content (AvgIpc) is 2.68. The van der Waals surface area contributed by atoms with Crippen molar-refractivity contribution in [3.63, 3.8) is 0 Å². The molecular weight excluding hydrogens is 406 g/mol. The third kappa shape index (κ3) is 6.96. The molecule has 0 saturated heterocycles. The van der Waals surface area contributed by atoms with Crippen molar-refractivity contribution in [2.45, 2.75) is 64.8 Å². The van der Waals surface area contributed by atoms with E-state index in [9.17, 15) is 14.7 Å². The maximum Gasteiger partial charge on any atom is 0.407 e. The molecule has 0 aliphatic rings. The third-order valence-electron chi connectivity index (χ3n) is 5.30. The van der Waals surface area contributed by atoms with Gasteiger partial charge in [-0.05, 0) is 39.2 Å². The number of carbonyl (C=O) groups is 2. The first-order chi connectivity index (χ1) is 14.5. The maximum atomic E-state index is 12.9. The molecule has 0 bridgehead atoms. The Balaban J connectivity index is 2.67. The summed E-state index contributed by atoms with van der Waals surface area (Å²) in [6, 6.07) is 20.7. The molecule has 2 rings (SSSR count). The van der Waals surface area contributed by atoms with Crippen molar-refractivity contribution in [3.8, 4) is 0 Å². The van der Waals surface area contributed by atoms with Gasteiger partial charge in [-0.3, -0.25) is 4.79 Å². The SMILES string of the molecule is CC(C)C[C@H](NC(=O)OC(C)(C)C)[Si](CCC(=O)O)(c1ccccc1)c1ccccc1. The van der Waals surface area contributed by atoms with Gasteiger partial charge in [-0.15, -0.1) is 0 Å². The lowest BCUT2D eigenvalue weighted by Gasteiger charge is -2.41. The molecule has 0 aliphatic heterocycles. The first kappa shape index (κ1) is 24.7. The van der Waals surface area contributed by atoms with E-state index in [1.807, 2.05) is 57.2 Å². The largest absolute Gasteiger partial charge is 0.481 e. The number of carboxylic acid groups (broad SMARTS) is 1. The summed E-state index contributed by atoms with van der Waals surface area (Å²) in [6.45, 7) is 9.76. The van der Waals surface area contributed by atoms with Gasteiger partial charge in [-0.25, -0.2) is 4.79 Å². The number of nitrogens with one attached hydrogen (secondary N) is 1. The third-order valence-corrected chi connectivity index (χ3v) is 10.6. The first-order valence-electron chi connectivity index (χ1n) is 10.9. The van der Waals surface area contributed by atoms with Gasteiger partial charge in [-0.1, -0.05) is 84.9 Å². The van der Waals surface area contributed by atoms with Gasteiger partial charge >= 0.3 is 12.1 Å². The van der Waals surface area contributed by atoms with E-state index in [2.05, 4.69) is 43.4 Å². The van der Waals surface area contributed by atoms with E-state index in [1.165, 1.54) is 0 Å². The van der Waals surface area contributed by atoms with Gasteiger partial charge in [0.05, 0.1) is 0 Å². The highest BCUT2D eigenvalue weighted by Gasteiger charge is 2.46. The number of aliphatic carboxylic acids is 1. The molecule has 168 valence electrons. The Labute approximate surface area is 186 Å². The molecule has 0 unspecified atom stereocenters. The number of hydrogen-bond acceptors (Lipinski definition) is 3. The molecule has 5 nitrogen and oxygen atoms in total. The minimum absolute atomic E-state index is 0.0423. The molecule has 0 heterocycles. The van der Waals surface area contributed by atoms with Crippen LogP contribution in [0.2, 0.25) is 6.04 Å². The summed E-state index contributed by atoms with van der Waals surface area (Å²) in [5, 5.41) is 15.0. The Hall–Kier alpha value is -2.60. The lowest BCUT2D eigenvalue weighted by atomic mass is 10.1. The van der Waals surface area contributed by atoms with Crippen LogP contribution in [0.4, 0.5) is 4.79 Å². The molecule has 0 radical (unpaired) electrons. The van der Waals surface area contributed by atoms with Crippen molar-refractivity contribution in [1.29, 1.82) is 0 Å². The number of hydrogen-bond donors (Lipinski definition) is 2. The lowest BCUT2D eigenvalue weighted by molar-refractivity contribution is -0.136. The minimum atomic E-state index is -2.73. The molecular formula is C25H35NO4Si. The summed E-state index contributed by atoms with van der Waals surface area (Å²) in [7, 11) is -2.73. The normalized spacial score (nSPS) is 13.0. The number of carbonyl (C=O) groups excluding carboxylic acids is 1. The highest BCUT2D eigenvalue weighted by atomic mass is 28.3. The van der Waals surface area contributed by atoms with Crippen LogP contribution in [0.25, 0.3) is 0 Å². The van der Waals surface area contributed by atoms with Crippen LogP contribution in [-0.4, -0.2) is 36.5 Å². The van der Waals surface area contributed by atoms with E-state index in [0.29, 0.717) is 12.0 Å². The molecule has 0 aromatic heterocycles. The van der Waals surface area contributed by atoms with E-state index in [4.69, 9.17) is 4.74 Å². The van der Waals surface area contributed by atoms with Crippen LogP contribution < -0.4 is 15.7 Å². The van der Waals surface area contributed by atoms with Gasteiger partial charge in [0.1, 0.15) is 13.7 Å². The van der Waals surface area contributed by atoms with E-state index >= 15 is 0 Å². The zero-order chi connectivity index (χ0) is 23.1. The van der Waals surface area contributed by atoms with Gasteiger partial charge in [0, 0.05) is 12.1 Å². The Morgan fingerprint density at radius 1 is 0.968 bits per heavy atom. The Kier molecular flexibility index (Phi) is 8.45. The van der Waals surface area contributed by atoms with Gasteiger partial charge in [0.2, 0.25) is 0 Å². The summed E-state index contributed by atoms with van der Waals surface area (Å²) in [4.78, 5) is 24.5. The summed E-state index contributed by atoms with van der Waals surface area (Å²) in [6.07, 6.45) is 0.312. The molecule has 1 amide bonds. The van der Waals surface area contributed by atoms with E-state index in [0.717, 1.165) is 16.8 Å². The monoisotopic (exact) mass is 441 g/mol. The highest BCUT2D eigenvalue weighted by Crippen LogP contribution is 2.24. The van der Waals surface area contributed by atoms with Crippen molar-refractivity contribution < 1.29 is 19.4 Å². The Morgan fingerprint density at radius 2 is 1.45 bits per heavy atom. The van der Waals surface area contributed by atoms with E-state index < -0.39 is 25.7 Å². The van der Waals surface area contributed by atoms with E-state index in [-0.39, 0.29) is 12.1 Å². The van der Waals surface area contributed by atoms with Crippen LogP contribution in [0.5, 0.6) is 0 Å². The van der Waals surface area contributed by atoms with Crippen LogP contribution in [0.3, 0.4) is 0 Å². The number of ether oxygens (including phenoxy) is 1. The van der Waals surface area contributed by atoms with Crippen molar-refractivity contribution in [3.05, 3.63) is 60.7 Å². The molecule has 2 aromatic carbocycles. The highest BCUT2D eigenvalue weighted by molar-refractivity contribution is 7.03. The fourth-order valence-electron chi connectivity index (χ4n) is 4.11. The second-order valence-electron chi connectivity index (χ2n) is 9.43. The fourth-order valence-corrected chi connectivity index (χ4v) is 9.60. The van der Waals surface area contributed by atoms with Gasteiger partial charge in [0.15, 0.2) is 0 Å².